The van der Waals surface area contributed by atoms with E-state index >= 15 is 0 Å². The molecule has 0 unspecified atom stereocenters. The van der Waals surface area contributed by atoms with Crippen LogP contribution in [-0.2, 0) is 0 Å². The number of rotatable bonds is 3. The highest BCUT2D eigenvalue weighted by molar-refractivity contribution is 7.80. The van der Waals surface area contributed by atoms with E-state index in [-0.39, 0.29) is 0 Å². The van der Waals surface area contributed by atoms with Crippen LogP contribution in [0.5, 0.6) is 0 Å². The number of nitrogens with two attached hydrogens (primary N) is 1. The fraction of sp³-hybridized carbons (Fsp3) is 0.900. The molecule has 76 valence electrons. The molecule has 1 aliphatic rings. The van der Waals surface area contributed by atoms with Gasteiger partial charge in [-0.05, 0) is 31.0 Å². The Morgan fingerprint density at radius 3 is 2.38 bits per heavy atom. The first kappa shape index (κ1) is 10.8. The van der Waals surface area contributed by atoms with Crippen molar-refractivity contribution in [2.45, 2.75) is 45.6 Å². The zero-order valence-electron chi connectivity index (χ0n) is 8.62. The summed E-state index contributed by atoms with van der Waals surface area (Å²) < 4.78 is 0. The van der Waals surface area contributed by atoms with Crippen molar-refractivity contribution >= 4 is 17.3 Å². The monoisotopic (exact) mass is 200 g/mol. The third-order valence-corrected chi connectivity index (χ3v) is 2.84. The second-order valence-electron chi connectivity index (χ2n) is 4.32. The maximum Gasteiger partial charge on any atom is 0.166 e. The van der Waals surface area contributed by atoms with Crippen LogP contribution >= 0.6 is 12.2 Å². The summed E-state index contributed by atoms with van der Waals surface area (Å²) in [6.07, 6.45) is 5.21. The molecule has 1 saturated carbocycles. The number of hydrogen-bond donors (Lipinski definition) is 1. The molecule has 0 aliphatic heterocycles. The maximum atomic E-state index is 5.72. The van der Waals surface area contributed by atoms with E-state index in [9.17, 15) is 0 Å². The van der Waals surface area contributed by atoms with Crippen molar-refractivity contribution in [1.29, 1.82) is 0 Å². The Morgan fingerprint density at radius 1 is 1.46 bits per heavy atom. The molecule has 0 amide bonds. The van der Waals surface area contributed by atoms with Gasteiger partial charge in [-0.3, -0.25) is 0 Å². The van der Waals surface area contributed by atoms with Gasteiger partial charge in [0.25, 0.3) is 0 Å². The van der Waals surface area contributed by atoms with Crippen molar-refractivity contribution in [3.8, 4) is 0 Å². The standard InChI is InChI=1S/C10H20N2S/c1-8(2)7-12(10(11)13)9-5-3-4-6-9/h8-9H,3-7H2,1-2H3,(H2,11,13). The summed E-state index contributed by atoms with van der Waals surface area (Å²) in [5.74, 6) is 0.641. The fourth-order valence-corrected chi connectivity index (χ4v) is 2.25. The number of nitrogens with zero attached hydrogens (tertiary/aromatic N) is 1. The second-order valence-corrected chi connectivity index (χ2v) is 4.74. The van der Waals surface area contributed by atoms with E-state index in [0.29, 0.717) is 17.1 Å². The quantitative estimate of drug-likeness (QED) is 0.708. The van der Waals surface area contributed by atoms with Crippen molar-refractivity contribution in [3.05, 3.63) is 0 Å². The smallest absolute Gasteiger partial charge is 0.166 e. The predicted octanol–water partition coefficient (Wildman–Crippen LogP) is 2.13. The van der Waals surface area contributed by atoms with Gasteiger partial charge < -0.3 is 10.6 Å². The zero-order valence-corrected chi connectivity index (χ0v) is 9.44. The average molecular weight is 200 g/mol. The van der Waals surface area contributed by atoms with Crippen LogP contribution in [0, 0.1) is 5.92 Å². The lowest BCUT2D eigenvalue weighted by Crippen LogP contribution is -2.44. The Kier molecular flexibility index (Phi) is 3.97. The molecule has 2 nitrogen and oxygen atoms in total. The lowest BCUT2D eigenvalue weighted by Gasteiger charge is -2.30. The van der Waals surface area contributed by atoms with Gasteiger partial charge in [0, 0.05) is 12.6 Å². The van der Waals surface area contributed by atoms with Gasteiger partial charge in [0.15, 0.2) is 5.11 Å². The molecule has 1 rings (SSSR count). The maximum absolute atomic E-state index is 5.72. The van der Waals surface area contributed by atoms with Crippen molar-refractivity contribution in [3.63, 3.8) is 0 Å². The SMILES string of the molecule is CC(C)CN(C(N)=S)C1CCCC1. The molecule has 0 aromatic carbocycles. The minimum absolute atomic E-state index is 0.584. The Balaban J connectivity index is 2.50. The lowest BCUT2D eigenvalue weighted by atomic mass is 10.1. The van der Waals surface area contributed by atoms with Crippen molar-refractivity contribution in [2.24, 2.45) is 11.7 Å². The van der Waals surface area contributed by atoms with E-state index in [4.69, 9.17) is 18.0 Å². The fourth-order valence-electron chi connectivity index (χ4n) is 2.03. The Labute approximate surface area is 86.5 Å². The zero-order chi connectivity index (χ0) is 9.84. The highest BCUT2D eigenvalue weighted by atomic mass is 32.1. The Hall–Kier alpha value is -0.310. The summed E-state index contributed by atoms with van der Waals surface area (Å²) in [7, 11) is 0. The summed E-state index contributed by atoms with van der Waals surface area (Å²) >= 11 is 5.08. The summed E-state index contributed by atoms with van der Waals surface area (Å²) in [5.41, 5.74) is 5.72. The van der Waals surface area contributed by atoms with Crippen molar-refractivity contribution in [2.75, 3.05) is 6.54 Å². The van der Waals surface area contributed by atoms with Gasteiger partial charge in [0.05, 0.1) is 0 Å². The van der Waals surface area contributed by atoms with Gasteiger partial charge in [-0.15, -0.1) is 0 Å². The molecule has 0 aromatic heterocycles. The molecule has 0 saturated heterocycles. The summed E-state index contributed by atoms with van der Waals surface area (Å²) in [6.45, 7) is 5.43. The first-order chi connectivity index (χ1) is 6.11. The molecular weight excluding hydrogens is 180 g/mol. The molecule has 1 aliphatic carbocycles. The van der Waals surface area contributed by atoms with Crippen LogP contribution in [0.4, 0.5) is 0 Å². The van der Waals surface area contributed by atoms with Crippen LogP contribution in [-0.4, -0.2) is 22.6 Å². The molecule has 2 N–H and O–H groups in total. The highest BCUT2D eigenvalue weighted by Crippen LogP contribution is 2.23. The molecule has 13 heavy (non-hydrogen) atoms. The average Bonchev–Trinajstić information content (AvgIpc) is 2.50. The molecule has 0 aromatic rings. The lowest BCUT2D eigenvalue weighted by molar-refractivity contribution is 0.285. The first-order valence-electron chi connectivity index (χ1n) is 5.17. The third-order valence-electron chi connectivity index (χ3n) is 2.61. The highest BCUT2D eigenvalue weighted by Gasteiger charge is 2.23. The molecule has 1 fully saturated rings. The van der Waals surface area contributed by atoms with Crippen LogP contribution in [0.3, 0.4) is 0 Å². The third kappa shape index (κ3) is 3.14. The van der Waals surface area contributed by atoms with Gasteiger partial charge in [0.1, 0.15) is 0 Å². The summed E-state index contributed by atoms with van der Waals surface area (Å²) in [4.78, 5) is 2.22. The van der Waals surface area contributed by atoms with E-state index in [0.717, 1.165) is 6.54 Å². The molecule has 0 spiro atoms. The molecular formula is C10H20N2S. The van der Waals surface area contributed by atoms with Gasteiger partial charge in [-0.2, -0.15) is 0 Å². The summed E-state index contributed by atoms with van der Waals surface area (Å²) in [6, 6.07) is 0.625. The molecule has 0 radical (unpaired) electrons. The van der Waals surface area contributed by atoms with E-state index < -0.39 is 0 Å². The molecule has 0 heterocycles. The van der Waals surface area contributed by atoms with E-state index in [2.05, 4.69) is 18.7 Å². The Bertz CT molecular complexity index is 174. The van der Waals surface area contributed by atoms with Gasteiger partial charge in [-0.1, -0.05) is 26.7 Å². The largest absolute Gasteiger partial charge is 0.376 e. The van der Waals surface area contributed by atoms with Crippen LogP contribution in [0.15, 0.2) is 0 Å². The molecule has 3 heteroatoms. The Morgan fingerprint density at radius 2 is 2.00 bits per heavy atom. The topological polar surface area (TPSA) is 29.3 Å². The van der Waals surface area contributed by atoms with E-state index in [1.165, 1.54) is 25.7 Å². The van der Waals surface area contributed by atoms with Crippen LogP contribution < -0.4 is 5.73 Å². The molecule has 0 atom stereocenters. The van der Waals surface area contributed by atoms with E-state index in [1.807, 2.05) is 0 Å². The van der Waals surface area contributed by atoms with Crippen LogP contribution in [0.2, 0.25) is 0 Å². The van der Waals surface area contributed by atoms with Crippen LogP contribution in [0.1, 0.15) is 39.5 Å². The second kappa shape index (κ2) is 4.80. The van der Waals surface area contributed by atoms with Crippen molar-refractivity contribution in [1.82, 2.24) is 4.90 Å². The molecule has 0 bridgehead atoms. The van der Waals surface area contributed by atoms with Gasteiger partial charge >= 0.3 is 0 Å². The minimum atomic E-state index is 0.584. The van der Waals surface area contributed by atoms with E-state index in [1.54, 1.807) is 0 Å². The number of thiocarbonyl (C=S) groups is 1. The van der Waals surface area contributed by atoms with Gasteiger partial charge in [0.2, 0.25) is 0 Å². The predicted molar refractivity (Wildman–Crippen MR) is 60.6 cm³/mol. The normalized spacial score (nSPS) is 18.1. The van der Waals surface area contributed by atoms with Gasteiger partial charge in [-0.25, -0.2) is 0 Å². The van der Waals surface area contributed by atoms with Crippen molar-refractivity contribution < 1.29 is 0 Å². The number of hydrogen-bond acceptors (Lipinski definition) is 1. The van der Waals surface area contributed by atoms with Crippen LogP contribution in [0.25, 0.3) is 0 Å². The first-order valence-corrected chi connectivity index (χ1v) is 5.58. The summed E-state index contributed by atoms with van der Waals surface area (Å²) in [5, 5.41) is 0.584. The minimum Gasteiger partial charge on any atom is -0.376 e.